The van der Waals surface area contributed by atoms with Gasteiger partial charge in [0.2, 0.25) is 0 Å². The molecule has 1 aliphatic carbocycles. The Hall–Kier alpha value is -0.570. The highest BCUT2D eigenvalue weighted by molar-refractivity contribution is 5.79. The summed E-state index contributed by atoms with van der Waals surface area (Å²) in [5.74, 6) is 0.112. The molecule has 0 bridgehead atoms. The molecule has 98 valence electrons. The van der Waals surface area contributed by atoms with E-state index in [1.54, 1.807) is 0 Å². The van der Waals surface area contributed by atoms with E-state index in [1.165, 1.54) is 25.7 Å². The summed E-state index contributed by atoms with van der Waals surface area (Å²) in [5, 5.41) is 9.58. The van der Waals surface area contributed by atoms with Crippen molar-refractivity contribution >= 4 is 5.97 Å². The Kier molecular flexibility index (Phi) is 3.76. The summed E-state index contributed by atoms with van der Waals surface area (Å²) in [5.41, 5.74) is -0.567. The highest BCUT2D eigenvalue weighted by Gasteiger charge is 2.49. The van der Waals surface area contributed by atoms with E-state index in [0.717, 1.165) is 31.7 Å². The van der Waals surface area contributed by atoms with Gasteiger partial charge in [0.1, 0.15) is 5.54 Å². The normalized spacial score (nSPS) is 33.1. The molecule has 1 N–H and O–H groups in total. The van der Waals surface area contributed by atoms with Crippen molar-refractivity contribution in [3.63, 3.8) is 0 Å². The van der Waals surface area contributed by atoms with E-state index < -0.39 is 11.5 Å². The van der Waals surface area contributed by atoms with Crippen LogP contribution in [0.15, 0.2) is 0 Å². The SMILES string of the molecule is CCC1(C(=O)O)CCCN1C(C)C1CCCC1. The van der Waals surface area contributed by atoms with Gasteiger partial charge in [-0.25, -0.2) is 0 Å². The first-order valence-electron chi connectivity index (χ1n) is 7.12. The van der Waals surface area contributed by atoms with Crippen LogP contribution in [0.25, 0.3) is 0 Å². The second-order valence-corrected chi connectivity index (χ2v) is 5.77. The number of aliphatic carboxylic acids is 1. The van der Waals surface area contributed by atoms with Crippen LogP contribution in [0.4, 0.5) is 0 Å². The molecule has 2 unspecified atom stereocenters. The van der Waals surface area contributed by atoms with Gasteiger partial charge in [0.25, 0.3) is 0 Å². The lowest BCUT2D eigenvalue weighted by atomic mass is 9.89. The van der Waals surface area contributed by atoms with Gasteiger partial charge in [-0.05, 0) is 51.5 Å². The first kappa shape index (κ1) is 12.9. The van der Waals surface area contributed by atoms with Gasteiger partial charge in [-0.2, -0.15) is 0 Å². The molecule has 0 aromatic rings. The summed E-state index contributed by atoms with van der Waals surface area (Å²) < 4.78 is 0. The van der Waals surface area contributed by atoms with E-state index in [9.17, 15) is 9.90 Å². The van der Waals surface area contributed by atoms with Crippen molar-refractivity contribution in [3.05, 3.63) is 0 Å². The fourth-order valence-corrected chi connectivity index (χ4v) is 3.95. The van der Waals surface area contributed by atoms with Crippen molar-refractivity contribution in [3.8, 4) is 0 Å². The van der Waals surface area contributed by atoms with Crippen molar-refractivity contribution in [2.75, 3.05) is 6.54 Å². The maximum absolute atomic E-state index is 11.6. The van der Waals surface area contributed by atoms with Gasteiger partial charge < -0.3 is 5.11 Å². The molecule has 2 fully saturated rings. The van der Waals surface area contributed by atoms with Crippen LogP contribution in [0.2, 0.25) is 0 Å². The molecule has 1 saturated carbocycles. The summed E-state index contributed by atoms with van der Waals surface area (Å²) >= 11 is 0. The van der Waals surface area contributed by atoms with Gasteiger partial charge in [-0.15, -0.1) is 0 Å². The van der Waals surface area contributed by atoms with E-state index in [4.69, 9.17) is 0 Å². The zero-order valence-corrected chi connectivity index (χ0v) is 11.1. The molecule has 0 aromatic heterocycles. The van der Waals surface area contributed by atoms with Crippen LogP contribution in [-0.2, 0) is 4.79 Å². The first-order valence-corrected chi connectivity index (χ1v) is 7.12. The third kappa shape index (κ3) is 2.10. The van der Waals surface area contributed by atoms with Gasteiger partial charge in [0.15, 0.2) is 0 Å². The smallest absolute Gasteiger partial charge is 0.324 e. The zero-order valence-electron chi connectivity index (χ0n) is 11.1. The van der Waals surface area contributed by atoms with Crippen LogP contribution in [-0.4, -0.2) is 34.1 Å². The molecule has 2 atom stereocenters. The number of likely N-dealkylation sites (tertiary alicyclic amines) is 1. The standard InChI is InChI=1S/C14H25NO2/c1-3-14(13(16)17)9-6-10-15(14)11(2)12-7-4-5-8-12/h11-12H,3-10H2,1-2H3,(H,16,17). The zero-order chi connectivity index (χ0) is 12.5. The van der Waals surface area contributed by atoms with Crippen LogP contribution in [0.5, 0.6) is 0 Å². The average molecular weight is 239 g/mol. The monoisotopic (exact) mass is 239 g/mol. The Morgan fingerprint density at radius 2 is 2.06 bits per heavy atom. The Labute approximate surface area is 104 Å². The molecule has 0 amide bonds. The number of rotatable bonds is 4. The van der Waals surface area contributed by atoms with Crippen LogP contribution >= 0.6 is 0 Å². The Balaban J connectivity index is 2.15. The fraction of sp³-hybridized carbons (Fsp3) is 0.929. The molecule has 1 aliphatic heterocycles. The van der Waals surface area contributed by atoms with Crippen molar-refractivity contribution in [1.82, 2.24) is 4.90 Å². The van der Waals surface area contributed by atoms with Crippen LogP contribution < -0.4 is 0 Å². The van der Waals surface area contributed by atoms with E-state index in [1.807, 2.05) is 6.92 Å². The summed E-state index contributed by atoms with van der Waals surface area (Å²) in [6, 6.07) is 0.441. The van der Waals surface area contributed by atoms with Gasteiger partial charge in [0, 0.05) is 6.04 Å². The number of carbonyl (C=O) groups is 1. The third-order valence-electron chi connectivity index (χ3n) is 5.10. The predicted molar refractivity (Wildman–Crippen MR) is 68.0 cm³/mol. The Morgan fingerprint density at radius 1 is 1.41 bits per heavy atom. The van der Waals surface area contributed by atoms with E-state index in [2.05, 4.69) is 11.8 Å². The molecule has 0 spiro atoms. The van der Waals surface area contributed by atoms with Gasteiger partial charge in [-0.3, -0.25) is 9.69 Å². The van der Waals surface area contributed by atoms with E-state index >= 15 is 0 Å². The lowest BCUT2D eigenvalue weighted by Gasteiger charge is -2.40. The topological polar surface area (TPSA) is 40.5 Å². The number of hydrogen-bond donors (Lipinski definition) is 1. The predicted octanol–water partition coefficient (Wildman–Crippen LogP) is 2.89. The number of hydrogen-bond acceptors (Lipinski definition) is 2. The molecule has 3 nitrogen and oxygen atoms in total. The van der Waals surface area contributed by atoms with Gasteiger partial charge >= 0.3 is 5.97 Å². The lowest BCUT2D eigenvalue weighted by Crippen LogP contribution is -2.55. The summed E-state index contributed by atoms with van der Waals surface area (Å²) in [6.45, 7) is 5.24. The van der Waals surface area contributed by atoms with Crippen molar-refractivity contribution in [2.45, 2.75) is 70.4 Å². The van der Waals surface area contributed by atoms with Crippen LogP contribution in [0.3, 0.4) is 0 Å². The molecule has 2 aliphatic rings. The minimum atomic E-state index is -0.609. The summed E-state index contributed by atoms with van der Waals surface area (Å²) in [4.78, 5) is 13.9. The number of nitrogens with zero attached hydrogens (tertiary/aromatic N) is 1. The number of carboxylic acid groups (broad SMARTS) is 1. The van der Waals surface area contributed by atoms with Crippen molar-refractivity contribution in [2.24, 2.45) is 5.92 Å². The summed E-state index contributed by atoms with van der Waals surface area (Å²) in [7, 11) is 0. The fourth-order valence-electron chi connectivity index (χ4n) is 3.95. The molecule has 1 heterocycles. The number of carboxylic acids is 1. The second-order valence-electron chi connectivity index (χ2n) is 5.77. The molecular weight excluding hydrogens is 214 g/mol. The van der Waals surface area contributed by atoms with Crippen molar-refractivity contribution < 1.29 is 9.90 Å². The molecule has 1 saturated heterocycles. The molecule has 17 heavy (non-hydrogen) atoms. The highest BCUT2D eigenvalue weighted by Crippen LogP contribution is 2.39. The Bertz CT molecular complexity index is 286. The molecular formula is C14H25NO2. The van der Waals surface area contributed by atoms with E-state index in [0.29, 0.717) is 6.04 Å². The molecule has 0 aromatic carbocycles. The average Bonchev–Trinajstić information content (AvgIpc) is 2.97. The third-order valence-corrected chi connectivity index (χ3v) is 5.10. The van der Waals surface area contributed by atoms with Crippen LogP contribution in [0.1, 0.15) is 58.8 Å². The van der Waals surface area contributed by atoms with E-state index in [-0.39, 0.29) is 0 Å². The quantitative estimate of drug-likeness (QED) is 0.820. The highest BCUT2D eigenvalue weighted by atomic mass is 16.4. The van der Waals surface area contributed by atoms with Gasteiger partial charge in [-0.1, -0.05) is 19.8 Å². The maximum atomic E-state index is 11.6. The Morgan fingerprint density at radius 3 is 2.59 bits per heavy atom. The largest absolute Gasteiger partial charge is 0.480 e. The minimum absolute atomic E-state index is 0.441. The molecule has 0 radical (unpaired) electrons. The minimum Gasteiger partial charge on any atom is -0.480 e. The van der Waals surface area contributed by atoms with Crippen molar-refractivity contribution in [1.29, 1.82) is 0 Å². The summed E-state index contributed by atoms with van der Waals surface area (Å²) in [6.07, 6.45) is 7.84. The first-order chi connectivity index (χ1) is 8.12. The molecule has 3 heteroatoms. The molecule has 2 rings (SSSR count). The lowest BCUT2D eigenvalue weighted by molar-refractivity contribution is -0.152. The van der Waals surface area contributed by atoms with Gasteiger partial charge in [0.05, 0.1) is 0 Å². The van der Waals surface area contributed by atoms with Crippen LogP contribution in [0, 0.1) is 5.92 Å². The maximum Gasteiger partial charge on any atom is 0.324 e. The second kappa shape index (κ2) is 4.97.